The second-order valence-electron chi connectivity index (χ2n) is 3.94. The number of nitrogens with two attached hydrogens (primary N) is 1. The van der Waals surface area contributed by atoms with Crippen molar-refractivity contribution in [3.8, 4) is 22.9 Å². The molecule has 2 rings (SSSR count). The van der Waals surface area contributed by atoms with E-state index >= 15 is 0 Å². The molecule has 0 saturated heterocycles. The van der Waals surface area contributed by atoms with Gasteiger partial charge in [-0.3, -0.25) is 0 Å². The minimum atomic E-state index is -0.870. The van der Waals surface area contributed by atoms with E-state index < -0.39 is 6.10 Å². The Labute approximate surface area is 109 Å². The van der Waals surface area contributed by atoms with E-state index in [1.165, 1.54) is 13.2 Å². The first-order chi connectivity index (χ1) is 9.15. The molecule has 0 aliphatic heterocycles. The summed E-state index contributed by atoms with van der Waals surface area (Å²) in [7, 11) is 1.45. The van der Waals surface area contributed by atoms with Crippen LogP contribution in [-0.4, -0.2) is 34.0 Å². The van der Waals surface area contributed by atoms with Crippen LogP contribution in [0.25, 0.3) is 11.4 Å². The summed E-state index contributed by atoms with van der Waals surface area (Å²) in [6.45, 7) is 0.325. The number of aromatic hydroxyl groups is 1. The van der Waals surface area contributed by atoms with Crippen molar-refractivity contribution in [2.45, 2.75) is 12.5 Å². The number of aliphatic hydroxyl groups is 1. The number of hydrogen-bond acceptors (Lipinski definition) is 7. The lowest BCUT2D eigenvalue weighted by Gasteiger charge is -2.03. The lowest BCUT2D eigenvalue weighted by molar-refractivity contribution is 0.127. The van der Waals surface area contributed by atoms with Gasteiger partial charge in [-0.15, -0.1) is 0 Å². The van der Waals surface area contributed by atoms with Gasteiger partial charge in [0.15, 0.2) is 11.5 Å². The summed E-state index contributed by atoms with van der Waals surface area (Å²) >= 11 is 0. The maximum absolute atomic E-state index is 9.68. The van der Waals surface area contributed by atoms with Gasteiger partial charge in [0.1, 0.15) is 6.10 Å². The van der Waals surface area contributed by atoms with E-state index in [1.807, 2.05) is 0 Å². The smallest absolute Gasteiger partial charge is 0.255 e. The summed E-state index contributed by atoms with van der Waals surface area (Å²) in [5.41, 5.74) is 5.96. The lowest BCUT2D eigenvalue weighted by Crippen LogP contribution is -2.06. The molecule has 1 atom stereocenters. The van der Waals surface area contributed by atoms with Crippen molar-refractivity contribution in [3.05, 3.63) is 24.1 Å². The Bertz CT molecular complexity index is 556. The van der Waals surface area contributed by atoms with Crippen LogP contribution in [0.15, 0.2) is 22.7 Å². The molecule has 1 unspecified atom stereocenters. The third-order valence-corrected chi connectivity index (χ3v) is 2.60. The zero-order valence-corrected chi connectivity index (χ0v) is 10.4. The van der Waals surface area contributed by atoms with Crippen molar-refractivity contribution < 1.29 is 19.5 Å². The fourth-order valence-corrected chi connectivity index (χ4v) is 1.59. The molecule has 0 aliphatic rings. The van der Waals surface area contributed by atoms with Crippen molar-refractivity contribution in [2.75, 3.05) is 13.7 Å². The Hall–Kier alpha value is -2.12. The SMILES string of the molecule is COc1cc(-c2noc(C(O)CCN)n2)ccc1O. The van der Waals surface area contributed by atoms with Crippen molar-refractivity contribution in [2.24, 2.45) is 5.73 Å². The maximum atomic E-state index is 9.68. The monoisotopic (exact) mass is 265 g/mol. The average molecular weight is 265 g/mol. The van der Waals surface area contributed by atoms with Crippen molar-refractivity contribution in [3.63, 3.8) is 0 Å². The number of hydrogen-bond donors (Lipinski definition) is 3. The molecule has 1 heterocycles. The van der Waals surface area contributed by atoms with Gasteiger partial charge in [-0.1, -0.05) is 5.16 Å². The van der Waals surface area contributed by atoms with E-state index in [4.69, 9.17) is 15.0 Å². The number of aromatic nitrogens is 2. The summed E-state index contributed by atoms with van der Waals surface area (Å²) in [6, 6.07) is 4.68. The number of phenols is 1. The van der Waals surface area contributed by atoms with Crippen molar-refractivity contribution in [1.29, 1.82) is 0 Å². The van der Waals surface area contributed by atoms with Crippen LogP contribution in [0.1, 0.15) is 18.4 Å². The predicted molar refractivity (Wildman–Crippen MR) is 66.6 cm³/mol. The fourth-order valence-electron chi connectivity index (χ4n) is 1.59. The first kappa shape index (κ1) is 13.3. The van der Waals surface area contributed by atoms with Crippen molar-refractivity contribution in [1.82, 2.24) is 10.1 Å². The molecular formula is C12H15N3O4. The molecule has 0 amide bonds. The highest BCUT2D eigenvalue weighted by molar-refractivity contribution is 5.60. The topological polar surface area (TPSA) is 115 Å². The molecule has 0 aliphatic carbocycles. The Morgan fingerprint density at radius 1 is 1.47 bits per heavy atom. The minimum absolute atomic E-state index is 0.0261. The lowest BCUT2D eigenvalue weighted by atomic mass is 10.2. The number of phenolic OH excluding ortho intramolecular Hbond substituents is 1. The van der Waals surface area contributed by atoms with Gasteiger partial charge in [0.25, 0.3) is 5.89 Å². The van der Waals surface area contributed by atoms with Crippen LogP contribution in [0, 0.1) is 0 Å². The zero-order valence-electron chi connectivity index (χ0n) is 10.4. The Morgan fingerprint density at radius 2 is 2.26 bits per heavy atom. The third kappa shape index (κ3) is 2.83. The summed E-state index contributed by atoms with van der Waals surface area (Å²) in [5.74, 6) is 0.765. The molecule has 2 aromatic rings. The molecular weight excluding hydrogens is 250 g/mol. The first-order valence-electron chi connectivity index (χ1n) is 5.74. The van der Waals surface area contributed by atoms with Gasteiger partial charge in [-0.25, -0.2) is 0 Å². The average Bonchev–Trinajstić information content (AvgIpc) is 2.89. The number of benzene rings is 1. The molecule has 0 fully saturated rings. The molecule has 0 bridgehead atoms. The minimum Gasteiger partial charge on any atom is -0.504 e. The zero-order chi connectivity index (χ0) is 13.8. The van der Waals surface area contributed by atoms with E-state index in [2.05, 4.69) is 10.1 Å². The summed E-state index contributed by atoms with van der Waals surface area (Å²) < 4.78 is 9.97. The highest BCUT2D eigenvalue weighted by Gasteiger charge is 2.17. The summed E-state index contributed by atoms with van der Waals surface area (Å²) in [5, 5.41) is 23.0. The van der Waals surface area contributed by atoms with E-state index in [9.17, 15) is 10.2 Å². The molecule has 1 aromatic heterocycles. The highest BCUT2D eigenvalue weighted by Crippen LogP contribution is 2.30. The Kier molecular flexibility index (Phi) is 3.98. The van der Waals surface area contributed by atoms with Crippen LogP contribution in [0.3, 0.4) is 0 Å². The summed E-state index contributed by atoms with van der Waals surface area (Å²) in [6.07, 6.45) is -0.522. The molecule has 0 saturated carbocycles. The third-order valence-electron chi connectivity index (χ3n) is 2.60. The quantitative estimate of drug-likeness (QED) is 0.733. The first-order valence-corrected chi connectivity index (χ1v) is 5.74. The van der Waals surface area contributed by atoms with Crippen molar-refractivity contribution >= 4 is 0 Å². The second-order valence-corrected chi connectivity index (χ2v) is 3.94. The number of methoxy groups -OCH3 is 1. The van der Waals surface area contributed by atoms with Gasteiger partial charge >= 0.3 is 0 Å². The van der Waals surface area contributed by atoms with E-state index in [-0.39, 0.29) is 11.6 Å². The Morgan fingerprint density at radius 3 is 2.95 bits per heavy atom. The van der Waals surface area contributed by atoms with E-state index in [0.717, 1.165) is 0 Å². The van der Waals surface area contributed by atoms with Crippen LogP contribution in [0.4, 0.5) is 0 Å². The molecule has 1 aromatic carbocycles. The van der Waals surface area contributed by atoms with Crippen LogP contribution in [0.5, 0.6) is 11.5 Å². The number of ether oxygens (including phenoxy) is 1. The number of aliphatic hydroxyl groups excluding tert-OH is 1. The molecule has 102 valence electrons. The molecule has 0 radical (unpaired) electrons. The standard InChI is InChI=1S/C12H15N3O4/c1-18-10-6-7(2-3-8(10)16)11-14-12(19-15-11)9(17)4-5-13/h2-3,6,9,16-17H,4-5,13H2,1H3. The van der Waals surface area contributed by atoms with Crippen LogP contribution in [-0.2, 0) is 0 Å². The van der Waals surface area contributed by atoms with E-state index in [1.54, 1.807) is 12.1 Å². The van der Waals surface area contributed by atoms with Crippen LogP contribution >= 0.6 is 0 Å². The van der Waals surface area contributed by atoms with E-state index in [0.29, 0.717) is 30.1 Å². The van der Waals surface area contributed by atoms with Gasteiger partial charge < -0.3 is 25.2 Å². The van der Waals surface area contributed by atoms with Crippen LogP contribution < -0.4 is 10.5 Å². The van der Waals surface area contributed by atoms with Crippen LogP contribution in [0.2, 0.25) is 0 Å². The molecule has 7 heteroatoms. The molecule has 0 spiro atoms. The molecule has 7 nitrogen and oxygen atoms in total. The fraction of sp³-hybridized carbons (Fsp3) is 0.333. The number of nitrogens with zero attached hydrogens (tertiary/aromatic N) is 2. The number of rotatable bonds is 5. The maximum Gasteiger partial charge on any atom is 0.255 e. The van der Waals surface area contributed by atoms with Gasteiger partial charge in [-0.2, -0.15) is 4.98 Å². The predicted octanol–water partition coefficient (Wildman–Crippen LogP) is 0.833. The highest BCUT2D eigenvalue weighted by atomic mass is 16.5. The normalized spacial score (nSPS) is 12.4. The van der Waals surface area contributed by atoms with Gasteiger partial charge in [0.05, 0.1) is 7.11 Å². The van der Waals surface area contributed by atoms with Gasteiger partial charge in [0, 0.05) is 5.56 Å². The molecule has 19 heavy (non-hydrogen) atoms. The molecule has 4 N–H and O–H groups in total. The van der Waals surface area contributed by atoms with Gasteiger partial charge in [-0.05, 0) is 31.2 Å². The largest absolute Gasteiger partial charge is 0.504 e. The Balaban J connectivity index is 2.27. The summed E-state index contributed by atoms with van der Waals surface area (Å²) in [4.78, 5) is 4.08. The van der Waals surface area contributed by atoms with Gasteiger partial charge in [0.2, 0.25) is 5.82 Å². The second kappa shape index (κ2) is 5.68.